The molecule has 0 aromatic heterocycles. The number of benzene rings is 2. The Kier molecular flexibility index (Phi) is 11.8. The fourth-order valence-corrected chi connectivity index (χ4v) is 4.94. The maximum atomic E-state index is 13.7. The van der Waals surface area contributed by atoms with Crippen LogP contribution in [-0.2, 0) is 27.2 Å². The second kappa shape index (κ2) is 15.3. The zero-order chi connectivity index (χ0) is 28.2. The van der Waals surface area contributed by atoms with Gasteiger partial charge in [-0.3, -0.25) is 14.4 Å². The van der Waals surface area contributed by atoms with Crippen LogP contribution in [0, 0.1) is 5.92 Å². The molecule has 1 aliphatic rings. The summed E-state index contributed by atoms with van der Waals surface area (Å²) in [6.45, 7) is 7.35. The standard InChI is InChI=1S/C31H44N4O4/c1-5-22(3)28-31(38)35(4)26(6-2)30(37)34-25(21-23-13-8-7-9-14-23)29(36)33-18-12-16-24-15-10-11-17-27(24)39-20-19-32-28/h7-11,13-15,17,22,25-26,28,32H,5-6,12,16,18-21H2,1-4H3,(H,33,36)(H,34,37)/t22-,25+,26-,28-/m0/s1. The van der Waals surface area contributed by atoms with E-state index in [0.29, 0.717) is 32.5 Å². The molecule has 3 N–H and O–H groups in total. The van der Waals surface area contributed by atoms with Crippen molar-refractivity contribution in [2.24, 2.45) is 5.92 Å². The molecule has 2 aromatic rings. The zero-order valence-corrected chi connectivity index (χ0v) is 23.7. The minimum absolute atomic E-state index is 0.0648. The summed E-state index contributed by atoms with van der Waals surface area (Å²) < 4.78 is 6.08. The molecule has 4 atom stereocenters. The summed E-state index contributed by atoms with van der Waals surface area (Å²) in [5.41, 5.74) is 2.02. The molecule has 0 radical (unpaired) electrons. The number of hydrogen-bond donors (Lipinski definition) is 3. The molecule has 0 unspecified atom stereocenters. The Balaban J connectivity index is 1.88. The summed E-state index contributed by atoms with van der Waals surface area (Å²) >= 11 is 0. The zero-order valence-electron chi connectivity index (χ0n) is 23.7. The number of nitrogens with zero attached hydrogens (tertiary/aromatic N) is 1. The van der Waals surface area contributed by atoms with Crippen molar-refractivity contribution in [2.75, 3.05) is 26.7 Å². The molecular weight excluding hydrogens is 492 g/mol. The van der Waals surface area contributed by atoms with Crippen LogP contribution in [0.25, 0.3) is 0 Å². The normalized spacial score (nSPS) is 22.9. The van der Waals surface area contributed by atoms with E-state index in [2.05, 4.69) is 22.9 Å². The quantitative estimate of drug-likeness (QED) is 0.546. The third-order valence-corrected chi connectivity index (χ3v) is 7.52. The fraction of sp³-hybridized carbons (Fsp3) is 0.516. The average Bonchev–Trinajstić information content (AvgIpc) is 2.95. The van der Waals surface area contributed by atoms with E-state index in [1.54, 1.807) is 7.05 Å². The van der Waals surface area contributed by atoms with Crippen LogP contribution in [0.3, 0.4) is 0 Å². The van der Waals surface area contributed by atoms with Gasteiger partial charge in [-0.1, -0.05) is 75.7 Å². The number of carbonyl (C=O) groups excluding carboxylic acids is 3. The van der Waals surface area contributed by atoms with Gasteiger partial charge in [0.1, 0.15) is 24.4 Å². The molecule has 0 saturated heterocycles. The van der Waals surface area contributed by atoms with Gasteiger partial charge in [0, 0.05) is 26.6 Å². The lowest BCUT2D eigenvalue weighted by Gasteiger charge is -2.33. The molecule has 1 heterocycles. The van der Waals surface area contributed by atoms with E-state index in [4.69, 9.17) is 4.74 Å². The molecule has 0 saturated carbocycles. The largest absolute Gasteiger partial charge is 0.492 e. The number of hydrogen-bond acceptors (Lipinski definition) is 5. The molecular formula is C31H44N4O4. The van der Waals surface area contributed by atoms with Crippen molar-refractivity contribution in [1.82, 2.24) is 20.9 Å². The van der Waals surface area contributed by atoms with Gasteiger partial charge in [-0.25, -0.2) is 0 Å². The average molecular weight is 537 g/mol. The molecule has 8 nitrogen and oxygen atoms in total. The first kappa shape index (κ1) is 30.2. The van der Waals surface area contributed by atoms with Gasteiger partial charge >= 0.3 is 0 Å². The monoisotopic (exact) mass is 536 g/mol. The molecule has 8 heteroatoms. The van der Waals surface area contributed by atoms with Crippen molar-refractivity contribution in [3.05, 3.63) is 65.7 Å². The Labute approximate surface area is 232 Å². The van der Waals surface area contributed by atoms with Crippen LogP contribution in [0.2, 0.25) is 0 Å². The van der Waals surface area contributed by atoms with Crippen molar-refractivity contribution in [3.8, 4) is 5.75 Å². The lowest BCUT2D eigenvalue weighted by Crippen LogP contribution is -2.58. The first-order valence-electron chi connectivity index (χ1n) is 14.2. The Morgan fingerprint density at radius 1 is 0.974 bits per heavy atom. The number of rotatable bonds is 5. The van der Waals surface area contributed by atoms with Crippen LogP contribution in [0.15, 0.2) is 54.6 Å². The number of fused-ring (bicyclic) bond motifs is 1. The van der Waals surface area contributed by atoms with Crippen LogP contribution in [0.5, 0.6) is 5.75 Å². The predicted octanol–water partition coefficient (Wildman–Crippen LogP) is 3.10. The van der Waals surface area contributed by atoms with Crippen LogP contribution < -0.4 is 20.7 Å². The fourth-order valence-electron chi connectivity index (χ4n) is 4.94. The molecule has 0 aliphatic carbocycles. The summed E-state index contributed by atoms with van der Waals surface area (Å²) in [7, 11) is 1.67. The number of carbonyl (C=O) groups is 3. The van der Waals surface area contributed by atoms with E-state index < -0.39 is 18.1 Å². The molecule has 3 amide bonds. The van der Waals surface area contributed by atoms with Gasteiger partial charge in [0.2, 0.25) is 17.7 Å². The maximum absolute atomic E-state index is 13.7. The number of ether oxygens (including phenoxy) is 1. The number of nitrogens with one attached hydrogen (secondary N) is 3. The van der Waals surface area contributed by atoms with Gasteiger partial charge in [0.05, 0.1) is 6.04 Å². The highest BCUT2D eigenvalue weighted by Crippen LogP contribution is 2.20. The van der Waals surface area contributed by atoms with Gasteiger partial charge in [-0.05, 0) is 42.4 Å². The third-order valence-electron chi connectivity index (χ3n) is 7.52. The number of para-hydroxylation sites is 1. The summed E-state index contributed by atoms with van der Waals surface area (Å²) in [5, 5.41) is 9.35. The second-order valence-corrected chi connectivity index (χ2v) is 10.3. The summed E-state index contributed by atoms with van der Waals surface area (Å²) in [4.78, 5) is 42.0. The van der Waals surface area contributed by atoms with Crippen molar-refractivity contribution in [2.45, 2.75) is 71.0 Å². The number of aryl methyl sites for hydroxylation is 1. The van der Waals surface area contributed by atoms with Crippen LogP contribution >= 0.6 is 0 Å². The molecule has 0 spiro atoms. The SMILES string of the molecule is CC[C@H](C)[C@@H]1NCCOc2ccccc2CCCNC(=O)[C@@H](Cc2ccccc2)NC(=O)[C@H](CC)N(C)C1=O. The van der Waals surface area contributed by atoms with Gasteiger partial charge in [0.15, 0.2) is 0 Å². The second-order valence-electron chi connectivity index (χ2n) is 10.3. The van der Waals surface area contributed by atoms with E-state index in [-0.39, 0.29) is 23.6 Å². The number of amides is 3. The summed E-state index contributed by atoms with van der Waals surface area (Å²) in [6, 6.07) is 15.6. The topological polar surface area (TPSA) is 99.8 Å². The first-order chi connectivity index (χ1) is 18.8. The van der Waals surface area contributed by atoms with Crippen molar-refractivity contribution in [3.63, 3.8) is 0 Å². The summed E-state index contributed by atoms with van der Waals surface area (Å²) in [6.07, 6.45) is 3.09. The Bertz CT molecular complexity index is 1080. The molecule has 2 aromatic carbocycles. The maximum Gasteiger partial charge on any atom is 0.243 e. The van der Waals surface area contributed by atoms with Crippen LogP contribution in [0.1, 0.15) is 51.2 Å². The highest BCUT2D eigenvalue weighted by molar-refractivity contribution is 5.93. The van der Waals surface area contributed by atoms with E-state index in [9.17, 15) is 14.4 Å². The predicted molar refractivity (Wildman–Crippen MR) is 153 cm³/mol. The van der Waals surface area contributed by atoms with E-state index in [0.717, 1.165) is 36.1 Å². The molecule has 1 aliphatic heterocycles. The lowest BCUT2D eigenvalue weighted by molar-refractivity contribution is -0.142. The van der Waals surface area contributed by atoms with Gasteiger partial charge in [0.25, 0.3) is 0 Å². The van der Waals surface area contributed by atoms with Crippen molar-refractivity contribution in [1.29, 1.82) is 0 Å². The minimum Gasteiger partial charge on any atom is -0.492 e. The molecule has 0 bridgehead atoms. The highest BCUT2D eigenvalue weighted by Gasteiger charge is 2.34. The first-order valence-corrected chi connectivity index (χ1v) is 14.2. The van der Waals surface area contributed by atoms with Gasteiger partial charge in [-0.15, -0.1) is 0 Å². The van der Waals surface area contributed by atoms with Gasteiger partial charge < -0.3 is 25.6 Å². The Hall–Kier alpha value is -3.39. The minimum atomic E-state index is -0.754. The molecule has 39 heavy (non-hydrogen) atoms. The Morgan fingerprint density at radius 2 is 1.69 bits per heavy atom. The highest BCUT2D eigenvalue weighted by atomic mass is 16.5. The molecule has 3 rings (SSSR count). The van der Waals surface area contributed by atoms with Crippen molar-refractivity contribution >= 4 is 17.7 Å². The lowest BCUT2D eigenvalue weighted by atomic mass is 9.97. The third kappa shape index (κ3) is 8.55. The smallest absolute Gasteiger partial charge is 0.243 e. The van der Waals surface area contributed by atoms with Crippen LogP contribution in [0.4, 0.5) is 0 Å². The summed E-state index contributed by atoms with van der Waals surface area (Å²) in [5.74, 6) is 0.175. The molecule has 0 fully saturated rings. The van der Waals surface area contributed by atoms with E-state index in [1.807, 2.05) is 68.4 Å². The van der Waals surface area contributed by atoms with E-state index >= 15 is 0 Å². The molecule has 212 valence electrons. The van der Waals surface area contributed by atoms with E-state index in [1.165, 1.54) is 4.90 Å². The van der Waals surface area contributed by atoms with Crippen LogP contribution in [-0.4, -0.2) is 67.5 Å². The Morgan fingerprint density at radius 3 is 2.41 bits per heavy atom. The van der Waals surface area contributed by atoms with Crippen molar-refractivity contribution < 1.29 is 19.1 Å². The number of likely N-dealkylation sites (N-methyl/N-ethyl adjacent to an activating group) is 1. The van der Waals surface area contributed by atoms with Gasteiger partial charge in [-0.2, -0.15) is 0 Å².